The van der Waals surface area contributed by atoms with E-state index < -0.39 is 0 Å². The lowest BCUT2D eigenvalue weighted by Gasteiger charge is -2.33. The van der Waals surface area contributed by atoms with Gasteiger partial charge in [0.15, 0.2) is 0 Å². The summed E-state index contributed by atoms with van der Waals surface area (Å²) in [7, 11) is 0. The van der Waals surface area contributed by atoms with E-state index in [1.165, 1.54) is 76.3 Å². The number of rotatable bonds is 5. The predicted octanol–water partition coefficient (Wildman–Crippen LogP) is 7.23. The number of hydrogen-bond acceptors (Lipinski definition) is 1. The Morgan fingerprint density at radius 3 is 1.78 bits per heavy atom. The maximum absolute atomic E-state index is 3.99. The van der Waals surface area contributed by atoms with Crippen LogP contribution in [0.25, 0.3) is 0 Å². The fourth-order valence-corrected chi connectivity index (χ4v) is 3.76. The minimum Gasteiger partial charge on any atom is -0.385 e. The Morgan fingerprint density at radius 1 is 0.870 bits per heavy atom. The van der Waals surface area contributed by atoms with Crippen LogP contribution < -0.4 is 5.32 Å². The second-order valence-electron chi connectivity index (χ2n) is 9.44. The largest absolute Gasteiger partial charge is 0.385 e. The first-order chi connectivity index (χ1) is 10.7. The highest BCUT2D eigenvalue weighted by atomic mass is 14.9. The molecule has 1 saturated carbocycles. The van der Waals surface area contributed by atoms with E-state index in [4.69, 9.17) is 0 Å². The van der Waals surface area contributed by atoms with Gasteiger partial charge in [0.2, 0.25) is 0 Å². The maximum Gasteiger partial charge on any atom is 0.0258 e. The quantitative estimate of drug-likeness (QED) is 0.563. The highest BCUT2D eigenvalue weighted by molar-refractivity contribution is 5.14. The molecule has 0 saturated heterocycles. The molecule has 0 bridgehead atoms. The minimum absolute atomic E-state index is 0.209. The molecule has 0 heterocycles. The molecule has 23 heavy (non-hydrogen) atoms. The molecule has 1 aliphatic carbocycles. The molecule has 1 heteroatoms. The molecule has 1 aliphatic rings. The van der Waals surface area contributed by atoms with Gasteiger partial charge in [-0.05, 0) is 24.7 Å². The molecule has 0 amide bonds. The molecule has 1 rings (SSSR count). The summed E-state index contributed by atoms with van der Waals surface area (Å²) in [6.45, 7) is 14.1. The molecule has 0 atom stereocenters. The third kappa shape index (κ3) is 8.82. The number of hydrogen-bond donors (Lipinski definition) is 1. The predicted molar refractivity (Wildman–Crippen MR) is 105 cm³/mol. The van der Waals surface area contributed by atoms with Crippen LogP contribution in [0.5, 0.6) is 0 Å². The van der Waals surface area contributed by atoms with E-state index >= 15 is 0 Å². The first-order valence-corrected chi connectivity index (χ1v) is 10.2. The van der Waals surface area contributed by atoms with E-state index in [0.29, 0.717) is 11.5 Å². The molecule has 0 aromatic heterocycles. The van der Waals surface area contributed by atoms with Crippen LogP contribution in [0.4, 0.5) is 0 Å². The minimum atomic E-state index is 0.209. The number of allylic oxidation sites excluding steroid dienone is 2. The van der Waals surface area contributed by atoms with Gasteiger partial charge in [0, 0.05) is 17.2 Å². The first kappa shape index (κ1) is 20.6. The third-order valence-corrected chi connectivity index (χ3v) is 5.20. The van der Waals surface area contributed by atoms with Crippen LogP contribution in [0.15, 0.2) is 11.8 Å². The zero-order valence-corrected chi connectivity index (χ0v) is 16.9. The van der Waals surface area contributed by atoms with E-state index in [0.717, 1.165) is 0 Å². The topological polar surface area (TPSA) is 12.0 Å². The van der Waals surface area contributed by atoms with Gasteiger partial charge >= 0.3 is 0 Å². The highest BCUT2D eigenvalue weighted by Gasteiger charge is 2.24. The Labute approximate surface area is 146 Å². The third-order valence-electron chi connectivity index (χ3n) is 5.20. The smallest absolute Gasteiger partial charge is 0.0258 e. The van der Waals surface area contributed by atoms with Gasteiger partial charge in [0.25, 0.3) is 0 Å². The van der Waals surface area contributed by atoms with E-state index in [-0.39, 0.29) is 5.41 Å². The van der Waals surface area contributed by atoms with Gasteiger partial charge in [-0.15, -0.1) is 0 Å². The van der Waals surface area contributed by atoms with E-state index in [9.17, 15) is 0 Å². The van der Waals surface area contributed by atoms with Crippen molar-refractivity contribution in [3.63, 3.8) is 0 Å². The first-order valence-electron chi connectivity index (χ1n) is 10.2. The summed E-state index contributed by atoms with van der Waals surface area (Å²) in [6, 6.07) is 0.677. The summed E-state index contributed by atoms with van der Waals surface area (Å²) in [4.78, 5) is 0. The lowest BCUT2D eigenvalue weighted by molar-refractivity contribution is 0.357. The van der Waals surface area contributed by atoms with Crippen molar-refractivity contribution in [2.24, 2.45) is 10.8 Å². The van der Waals surface area contributed by atoms with Crippen LogP contribution in [0, 0.1) is 10.8 Å². The molecule has 0 aromatic carbocycles. The molecule has 0 aromatic rings. The molecule has 1 N–H and O–H groups in total. The average molecular weight is 322 g/mol. The zero-order chi connectivity index (χ0) is 17.3. The standard InChI is InChI=1S/C22H43N/c1-7-17-22(5,6)18-20(21(2,3)4)23-19-15-13-11-9-8-10-12-14-16-19/h18-19,23H,7-17H2,1-6H3/b20-18+. The van der Waals surface area contributed by atoms with Gasteiger partial charge in [0.05, 0.1) is 0 Å². The maximum atomic E-state index is 3.99. The van der Waals surface area contributed by atoms with Crippen LogP contribution >= 0.6 is 0 Å². The summed E-state index contributed by atoms with van der Waals surface area (Å²) in [6.07, 6.45) is 17.7. The monoisotopic (exact) mass is 321 g/mol. The normalized spacial score (nSPS) is 20.3. The second kappa shape index (κ2) is 9.74. The van der Waals surface area contributed by atoms with Crippen molar-refractivity contribution < 1.29 is 0 Å². The summed E-state index contributed by atoms with van der Waals surface area (Å²) < 4.78 is 0. The van der Waals surface area contributed by atoms with E-state index in [1.807, 2.05) is 0 Å². The molecule has 0 spiro atoms. The van der Waals surface area contributed by atoms with Crippen LogP contribution in [0.3, 0.4) is 0 Å². The lowest BCUT2D eigenvalue weighted by Crippen LogP contribution is -2.35. The van der Waals surface area contributed by atoms with Crippen molar-refractivity contribution in [1.82, 2.24) is 5.32 Å². The second-order valence-corrected chi connectivity index (χ2v) is 9.44. The molecular formula is C22H43N. The Kier molecular flexibility index (Phi) is 8.72. The van der Waals surface area contributed by atoms with Gasteiger partial charge in [-0.1, -0.05) is 99.0 Å². The van der Waals surface area contributed by atoms with Crippen molar-refractivity contribution in [2.45, 2.75) is 118 Å². The number of nitrogens with one attached hydrogen (secondary N) is 1. The van der Waals surface area contributed by atoms with Crippen LogP contribution in [0.1, 0.15) is 112 Å². The van der Waals surface area contributed by atoms with Crippen molar-refractivity contribution in [3.8, 4) is 0 Å². The molecular weight excluding hydrogens is 278 g/mol. The van der Waals surface area contributed by atoms with Gasteiger partial charge in [-0.25, -0.2) is 0 Å². The Balaban J connectivity index is 2.79. The zero-order valence-electron chi connectivity index (χ0n) is 16.9. The van der Waals surface area contributed by atoms with Crippen molar-refractivity contribution in [1.29, 1.82) is 0 Å². The SMILES string of the molecule is CCCC(C)(C)/C=C(/NC1CCCCCCCCC1)C(C)(C)C. The van der Waals surface area contributed by atoms with E-state index in [1.54, 1.807) is 0 Å². The van der Waals surface area contributed by atoms with Gasteiger partial charge in [0.1, 0.15) is 0 Å². The molecule has 0 unspecified atom stereocenters. The molecule has 0 aliphatic heterocycles. The van der Waals surface area contributed by atoms with Gasteiger partial charge in [-0.2, -0.15) is 0 Å². The lowest BCUT2D eigenvalue weighted by atomic mass is 9.81. The summed E-state index contributed by atoms with van der Waals surface area (Å²) in [5.74, 6) is 0. The van der Waals surface area contributed by atoms with E-state index in [2.05, 4.69) is 52.9 Å². The van der Waals surface area contributed by atoms with Gasteiger partial charge < -0.3 is 5.32 Å². The Morgan fingerprint density at radius 2 is 1.35 bits per heavy atom. The summed E-state index contributed by atoms with van der Waals surface area (Å²) >= 11 is 0. The summed E-state index contributed by atoms with van der Waals surface area (Å²) in [5.41, 5.74) is 1.97. The van der Waals surface area contributed by atoms with Crippen molar-refractivity contribution >= 4 is 0 Å². The van der Waals surface area contributed by atoms with Gasteiger partial charge in [-0.3, -0.25) is 0 Å². The molecule has 136 valence electrons. The summed E-state index contributed by atoms with van der Waals surface area (Å²) in [5, 5.41) is 3.99. The van der Waals surface area contributed by atoms with Crippen molar-refractivity contribution in [3.05, 3.63) is 11.8 Å². The van der Waals surface area contributed by atoms with Crippen LogP contribution in [-0.4, -0.2) is 6.04 Å². The fraction of sp³-hybridized carbons (Fsp3) is 0.909. The fourth-order valence-electron chi connectivity index (χ4n) is 3.76. The average Bonchev–Trinajstić information content (AvgIpc) is 2.43. The molecule has 1 nitrogen and oxygen atoms in total. The van der Waals surface area contributed by atoms with Crippen LogP contribution in [-0.2, 0) is 0 Å². The molecule has 1 fully saturated rings. The Hall–Kier alpha value is -0.460. The molecule has 0 radical (unpaired) electrons. The Bertz CT molecular complexity index is 335. The van der Waals surface area contributed by atoms with Crippen LogP contribution in [0.2, 0.25) is 0 Å². The highest BCUT2D eigenvalue weighted by Crippen LogP contribution is 2.32. The van der Waals surface area contributed by atoms with Crippen molar-refractivity contribution in [2.75, 3.05) is 0 Å².